The van der Waals surface area contributed by atoms with Gasteiger partial charge in [0.1, 0.15) is 0 Å². The van der Waals surface area contributed by atoms with Gasteiger partial charge in [-0.3, -0.25) is 4.79 Å². The molecule has 0 aromatic heterocycles. The summed E-state index contributed by atoms with van der Waals surface area (Å²) in [5.41, 5.74) is 2.93. The number of benzene rings is 1. The maximum atomic E-state index is 12.0. The van der Waals surface area contributed by atoms with Crippen LogP contribution in [0.1, 0.15) is 49.5 Å². The SMILES string of the molecule is CCCC(C)NC(=O)c1ccc(NCC)c(C)c1. The standard InChI is InChI=1S/C15H24N2O/c1-5-7-12(4)17-15(18)13-8-9-14(16-6-2)11(3)10-13/h8-10,12,16H,5-7H2,1-4H3,(H,17,18). The molecule has 1 aromatic rings. The minimum atomic E-state index is 0.0158. The molecule has 0 saturated heterocycles. The first-order valence-electron chi connectivity index (χ1n) is 6.73. The average Bonchev–Trinajstić information content (AvgIpc) is 2.32. The minimum absolute atomic E-state index is 0.0158. The third kappa shape index (κ3) is 4.06. The fourth-order valence-corrected chi connectivity index (χ4v) is 2.01. The Balaban J connectivity index is 2.72. The number of amides is 1. The van der Waals surface area contributed by atoms with E-state index in [1.165, 1.54) is 0 Å². The van der Waals surface area contributed by atoms with E-state index >= 15 is 0 Å². The second-order valence-electron chi connectivity index (χ2n) is 4.72. The molecule has 1 unspecified atom stereocenters. The Morgan fingerprint density at radius 2 is 2.06 bits per heavy atom. The van der Waals surface area contributed by atoms with Crippen LogP contribution in [0.15, 0.2) is 18.2 Å². The van der Waals surface area contributed by atoms with Crippen LogP contribution in [0.4, 0.5) is 5.69 Å². The highest BCUT2D eigenvalue weighted by Gasteiger charge is 2.10. The van der Waals surface area contributed by atoms with Crippen LogP contribution in [-0.4, -0.2) is 18.5 Å². The maximum Gasteiger partial charge on any atom is 0.251 e. The van der Waals surface area contributed by atoms with Gasteiger partial charge in [0.2, 0.25) is 0 Å². The van der Waals surface area contributed by atoms with Crippen molar-refractivity contribution in [3.05, 3.63) is 29.3 Å². The third-order valence-corrected chi connectivity index (χ3v) is 2.96. The fourth-order valence-electron chi connectivity index (χ4n) is 2.01. The van der Waals surface area contributed by atoms with Gasteiger partial charge in [-0.05, 0) is 51.0 Å². The van der Waals surface area contributed by atoms with Crippen LogP contribution in [0.2, 0.25) is 0 Å². The molecule has 1 rings (SSSR count). The van der Waals surface area contributed by atoms with Gasteiger partial charge in [-0.15, -0.1) is 0 Å². The normalized spacial score (nSPS) is 12.0. The van der Waals surface area contributed by atoms with E-state index in [0.29, 0.717) is 0 Å². The van der Waals surface area contributed by atoms with Crippen molar-refractivity contribution in [3.8, 4) is 0 Å². The number of aryl methyl sites for hydroxylation is 1. The van der Waals surface area contributed by atoms with Crippen LogP contribution < -0.4 is 10.6 Å². The number of nitrogens with one attached hydrogen (secondary N) is 2. The Labute approximate surface area is 110 Å². The van der Waals surface area contributed by atoms with E-state index in [1.807, 2.05) is 32.0 Å². The van der Waals surface area contributed by atoms with E-state index in [1.54, 1.807) is 0 Å². The van der Waals surface area contributed by atoms with Gasteiger partial charge >= 0.3 is 0 Å². The van der Waals surface area contributed by atoms with Crippen LogP contribution in [0, 0.1) is 6.92 Å². The zero-order valence-corrected chi connectivity index (χ0v) is 11.8. The number of carbonyl (C=O) groups is 1. The topological polar surface area (TPSA) is 41.1 Å². The first kappa shape index (κ1) is 14.6. The summed E-state index contributed by atoms with van der Waals surface area (Å²) >= 11 is 0. The number of carbonyl (C=O) groups excluding carboxylic acids is 1. The van der Waals surface area contributed by atoms with Crippen LogP contribution in [0.5, 0.6) is 0 Å². The average molecular weight is 248 g/mol. The molecule has 1 atom stereocenters. The summed E-state index contributed by atoms with van der Waals surface area (Å²) in [6, 6.07) is 6.01. The van der Waals surface area contributed by atoms with Gasteiger partial charge in [0.15, 0.2) is 0 Å². The predicted octanol–water partition coefficient (Wildman–Crippen LogP) is 3.35. The van der Waals surface area contributed by atoms with E-state index < -0.39 is 0 Å². The van der Waals surface area contributed by atoms with E-state index in [0.717, 1.165) is 36.2 Å². The molecule has 1 amide bonds. The molecule has 0 bridgehead atoms. The Bertz CT molecular complexity index is 401. The van der Waals surface area contributed by atoms with E-state index in [9.17, 15) is 4.79 Å². The fraction of sp³-hybridized carbons (Fsp3) is 0.533. The lowest BCUT2D eigenvalue weighted by Crippen LogP contribution is -2.32. The highest BCUT2D eigenvalue weighted by Crippen LogP contribution is 2.16. The molecule has 0 spiro atoms. The molecule has 0 aliphatic heterocycles. The summed E-state index contributed by atoms with van der Waals surface area (Å²) in [5.74, 6) is 0.0158. The summed E-state index contributed by atoms with van der Waals surface area (Å²) in [6.45, 7) is 9.13. The number of hydrogen-bond acceptors (Lipinski definition) is 2. The smallest absolute Gasteiger partial charge is 0.251 e. The first-order valence-corrected chi connectivity index (χ1v) is 6.73. The van der Waals surface area contributed by atoms with E-state index in [4.69, 9.17) is 0 Å². The summed E-state index contributed by atoms with van der Waals surface area (Å²) < 4.78 is 0. The lowest BCUT2D eigenvalue weighted by molar-refractivity contribution is 0.0938. The van der Waals surface area contributed by atoms with Crippen molar-refractivity contribution in [1.29, 1.82) is 0 Å². The molecular formula is C15H24N2O. The zero-order chi connectivity index (χ0) is 13.5. The summed E-state index contributed by atoms with van der Waals surface area (Å²) in [7, 11) is 0. The van der Waals surface area contributed by atoms with Crippen LogP contribution in [0.3, 0.4) is 0 Å². The van der Waals surface area contributed by atoms with Crippen LogP contribution in [0.25, 0.3) is 0 Å². The van der Waals surface area contributed by atoms with Gasteiger partial charge in [-0.2, -0.15) is 0 Å². The Hall–Kier alpha value is -1.51. The van der Waals surface area contributed by atoms with Gasteiger partial charge in [-0.25, -0.2) is 0 Å². The van der Waals surface area contributed by atoms with Crippen LogP contribution in [-0.2, 0) is 0 Å². The van der Waals surface area contributed by atoms with Gasteiger partial charge < -0.3 is 10.6 Å². The lowest BCUT2D eigenvalue weighted by atomic mass is 10.1. The van der Waals surface area contributed by atoms with Crippen molar-refractivity contribution in [2.75, 3.05) is 11.9 Å². The summed E-state index contributed by atoms with van der Waals surface area (Å²) in [5, 5.41) is 6.29. The molecule has 100 valence electrons. The molecule has 18 heavy (non-hydrogen) atoms. The van der Waals surface area contributed by atoms with Gasteiger partial charge in [-0.1, -0.05) is 13.3 Å². The second-order valence-corrected chi connectivity index (χ2v) is 4.72. The van der Waals surface area contributed by atoms with Crippen LogP contribution >= 0.6 is 0 Å². The molecule has 0 aliphatic rings. The Morgan fingerprint density at radius 3 is 2.61 bits per heavy atom. The van der Waals surface area contributed by atoms with Gasteiger partial charge in [0.05, 0.1) is 0 Å². The number of anilines is 1. The maximum absolute atomic E-state index is 12.0. The molecule has 0 radical (unpaired) electrons. The highest BCUT2D eigenvalue weighted by molar-refractivity contribution is 5.95. The van der Waals surface area contributed by atoms with Crippen molar-refractivity contribution in [2.24, 2.45) is 0 Å². The number of hydrogen-bond donors (Lipinski definition) is 2. The molecular weight excluding hydrogens is 224 g/mol. The molecule has 0 aliphatic carbocycles. The second kappa shape index (κ2) is 7.04. The molecule has 2 N–H and O–H groups in total. The van der Waals surface area contributed by atoms with Crippen molar-refractivity contribution >= 4 is 11.6 Å². The molecule has 0 heterocycles. The molecule has 0 saturated carbocycles. The van der Waals surface area contributed by atoms with Crippen molar-refractivity contribution in [3.63, 3.8) is 0 Å². The lowest BCUT2D eigenvalue weighted by Gasteiger charge is -2.14. The Morgan fingerprint density at radius 1 is 1.33 bits per heavy atom. The van der Waals surface area contributed by atoms with E-state index in [-0.39, 0.29) is 11.9 Å². The summed E-state index contributed by atoms with van der Waals surface area (Å²) in [6.07, 6.45) is 2.10. The molecule has 1 aromatic carbocycles. The zero-order valence-electron chi connectivity index (χ0n) is 11.8. The Kier molecular flexibility index (Phi) is 5.69. The highest BCUT2D eigenvalue weighted by atomic mass is 16.1. The monoisotopic (exact) mass is 248 g/mol. The predicted molar refractivity (Wildman–Crippen MR) is 77.2 cm³/mol. The van der Waals surface area contributed by atoms with Crippen molar-refractivity contribution in [2.45, 2.75) is 46.6 Å². The van der Waals surface area contributed by atoms with Gasteiger partial charge in [0.25, 0.3) is 5.91 Å². The largest absolute Gasteiger partial charge is 0.385 e. The third-order valence-electron chi connectivity index (χ3n) is 2.96. The number of rotatable bonds is 6. The molecule has 0 fully saturated rings. The summed E-state index contributed by atoms with van der Waals surface area (Å²) in [4.78, 5) is 12.0. The van der Waals surface area contributed by atoms with Crippen molar-refractivity contribution < 1.29 is 4.79 Å². The molecule has 3 nitrogen and oxygen atoms in total. The minimum Gasteiger partial charge on any atom is -0.385 e. The first-order chi connectivity index (χ1) is 8.58. The van der Waals surface area contributed by atoms with E-state index in [2.05, 4.69) is 24.5 Å². The van der Waals surface area contributed by atoms with Crippen molar-refractivity contribution in [1.82, 2.24) is 5.32 Å². The molecule has 3 heteroatoms. The van der Waals surface area contributed by atoms with Gasteiger partial charge in [0, 0.05) is 23.8 Å². The quantitative estimate of drug-likeness (QED) is 0.810.